The highest BCUT2D eigenvalue weighted by atomic mass is 16.5. The topological polar surface area (TPSA) is 38.5 Å². The molecule has 0 aromatic rings. The molecule has 0 aliphatic carbocycles. The molecule has 0 amide bonds. The minimum Gasteiger partial charge on any atom is -0.376 e. The lowest BCUT2D eigenvalue weighted by molar-refractivity contribution is 0.00377. The van der Waals surface area contributed by atoms with Crippen LogP contribution in [0.15, 0.2) is 0 Å². The Kier molecular flexibility index (Phi) is 5.58. The van der Waals surface area contributed by atoms with E-state index < -0.39 is 0 Å². The van der Waals surface area contributed by atoms with Gasteiger partial charge in [-0.25, -0.2) is 0 Å². The van der Waals surface area contributed by atoms with Crippen LogP contribution in [0.2, 0.25) is 0 Å². The van der Waals surface area contributed by atoms with Crippen LogP contribution in [0.1, 0.15) is 40.0 Å². The SMILES string of the molecule is CCOC(CN)CN1C(C)CCCC1C. The van der Waals surface area contributed by atoms with E-state index in [9.17, 15) is 0 Å². The average Bonchev–Trinajstić information content (AvgIpc) is 2.22. The molecule has 1 aliphatic rings. The van der Waals surface area contributed by atoms with Crippen LogP contribution < -0.4 is 5.73 Å². The quantitative estimate of drug-likeness (QED) is 0.755. The molecule has 0 saturated carbocycles. The molecule has 90 valence electrons. The van der Waals surface area contributed by atoms with Gasteiger partial charge in [0.1, 0.15) is 0 Å². The summed E-state index contributed by atoms with van der Waals surface area (Å²) < 4.78 is 5.62. The van der Waals surface area contributed by atoms with E-state index in [-0.39, 0.29) is 6.10 Å². The first-order valence-corrected chi connectivity index (χ1v) is 6.26. The van der Waals surface area contributed by atoms with Gasteiger partial charge in [-0.3, -0.25) is 4.90 Å². The third-order valence-corrected chi connectivity index (χ3v) is 3.46. The Morgan fingerprint density at radius 2 is 1.93 bits per heavy atom. The summed E-state index contributed by atoms with van der Waals surface area (Å²) in [6.45, 7) is 9.05. The molecule has 0 spiro atoms. The summed E-state index contributed by atoms with van der Waals surface area (Å²) in [5.41, 5.74) is 5.72. The second-order valence-electron chi connectivity index (χ2n) is 4.64. The minimum absolute atomic E-state index is 0.206. The fourth-order valence-electron chi connectivity index (χ4n) is 2.50. The maximum Gasteiger partial charge on any atom is 0.0823 e. The molecular weight excluding hydrogens is 188 g/mol. The van der Waals surface area contributed by atoms with Gasteiger partial charge in [0, 0.05) is 31.8 Å². The Morgan fingerprint density at radius 3 is 2.40 bits per heavy atom. The van der Waals surface area contributed by atoms with E-state index in [0.29, 0.717) is 18.6 Å². The van der Waals surface area contributed by atoms with Gasteiger partial charge < -0.3 is 10.5 Å². The number of piperidine rings is 1. The number of nitrogens with two attached hydrogens (primary N) is 1. The molecule has 3 heteroatoms. The average molecular weight is 214 g/mol. The van der Waals surface area contributed by atoms with E-state index in [1.165, 1.54) is 19.3 Å². The maximum atomic E-state index is 5.72. The van der Waals surface area contributed by atoms with Crippen LogP contribution >= 0.6 is 0 Å². The lowest BCUT2D eigenvalue weighted by Gasteiger charge is -2.40. The summed E-state index contributed by atoms with van der Waals surface area (Å²) in [4.78, 5) is 2.55. The molecule has 1 aliphatic heterocycles. The molecule has 0 aromatic heterocycles. The molecule has 3 unspecified atom stereocenters. The third kappa shape index (κ3) is 3.74. The van der Waals surface area contributed by atoms with Gasteiger partial charge in [0.15, 0.2) is 0 Å². The molecule has 1 fully saturated rings. The number of nitrogens with zero attached hydrogens (tertiary/aromatic N) is 1. The first-order valence-electron chi connectivity index (χ1n) is 6.26. The molecular formula is C12H26N2O. The van der Waals surface area contributed by atoms with Crippen molar-refractivity contribution in [1.29, 1.82) is 0 Å². The van der Waals surface area contributed by atoms with Crippen LogP contribution in [0.5, 0.6) is 0 Å². The molecule has 0 bridgehead atoms. The van der Waals surface area contributed by atoms with Gasteiger partial charge in [-0.1, -0.05) is 6.42 Å². The summed E-state index contributed by atoms with van der Waals surface area (Å²) in [6, 6.07) is 1.37. The van der Waals surface area contributed by atoms with E-state index >= 15 is 0 Å². The van der Waals surface area contributed by atoms with E-state index in [1.54, 1.807) is 0 Å². The number of rotatable bonds is 5. The zero-order valence-electron chi connectivity index (χ0n) is 10.4. The molecule has 2 N–H and O–H groups in total. The van der Waals surface area contributed by atoms with Gasteiger partial charge in [0.25, 0.3) is 0 Å². The lowest BCUT2D eigenvalue weighted by atomic mass is 9.97. The van der Waals surface area contributed by atoms with Crippen molar-refractivity contribution in [3.63, 3.8) is 0 Å². The molecule has 15 heavy (non-hydrogen) atoms. The normalized spacial score (nSPS) is 30.4. The van der Waals surface area contributed by atoms with Gasteiger partial charge in [0.05, 0.1) is 6.10 Å². The van der Waals surface area contributed by atoms with Gasteiger partial charge >= 0.3 is 0 Å². The molecule has 3 atom stereocenters. The van der Waals surface area contributed by atoms with E-state index in [4.69, 9.17) is 10.5 Å². The van der Waals surface area contributed by atoms with Crippen molar-refractivity contribution in [2.45, 2.75) is 58.2 Å². The van der Waals surface area contributed by atoms with Crippen LogP contribution in [0.3, 0.4) is 0 Å². The number of hydrogen-bond donors (Lipinski definition) is 1. The first-order chi connectivity index (χ1) is 7.19. The van der Waals surface area contributed by atoms with Crippen LogP contribution in [0, 0.1) is 0 Å². The van der Waals surface area contributed by atoms with E-state index in [2.05, 4.69) is 18.7 Å². The summed E-state index contributed by atoms with van der Waals surface area (Å²) in [6.07, 6.45) is 4.19. The molecule has 1 saturated heterocycles. The number of hydrogen-bond acceptors (Lipinski definition) is 3. The zero-order valence-corrected chi connectivity index (χ0v) is 10.4. The van der Waals surface area contributed by atoms with Crippen LogP contribution in [0.25, 0.3) is 0 Å². The summed E-state index contributed by atoms with van der Waals surface area (Å²) >= 11 is 0. The van der Waals surface area contributed by atoms with Crippen molar-refractivity contribution in [2.75, 3.05) is 19.7 Å². The fraction of sp³-hybridized carbons (Fsp3) is 1.00. The Labute approximate surface area is 94.0 Å². The predicted octanol–water partition coefficient (Wildman–Crippen LogP) is 1.61. The van der Waals surface area contributed by atoms with E-state index in [0.717, 1.165) is 13.2 Å². The highest BCUT2D eigenvalue weighted by Crippen LogP contribution is 2.22. The Bertz CT molecular complexity index is 165. The van der Waals surface area contributed by atoms with Gasteiger partial charge in [-0.2, -0.15) is 0 Å². The van der Waals surface area contributed by atoms with Gasteiger partial charge in [-0.15, -0.1) is 0 Å². The summed E-state index contributed by atoms with van der Waals surface area (Å²) in [7, 11) is 0. The summed E-state index contributed by atoms with van der Waals surface area (Å²) in [5, 5.41) is 0. The second kappa shape index (κ2) is 6.46. The third-order valence-electron chi connectivity index (χ3n) is 3.46. The maximum absolute atomic E-state index is 5.72. The fourth-order valence-corrected chi connectivity index (χ4v) is 2.50. The number of likely N-dealkylation sites (tertiary alicyclic amines) is 1. The second-order valence-corrected chi connectivity index (χ2v) is 4.64. The van der Waals surface area contributed by atoms with Crippen molar-refractivity contribution in [3.05, 3.63) is 0 Å². The largest absolute Gasteiger partial charge is 0.376 e. The van der Waals surface area contributed by atoms with Crippen molar-refractivity contribution < 1.29 is 4.74 Å². The van der Waals surface area contributed by atoms with Crippen LogP contribution in [-0.4, -0.2) is 42.8 Å². The number of ether oxygens (including phenoxy) is 1. The Hall–Kier alpha value is -0.120. The zero-order chi connectivity index (χ0) is 11.3. The Balaban J connectivity index is 2.45. The molecule has 1 rings (SSSR count). The molecule has 0 radical (unpaired) electrons. The standard InChI is InChI=1S/C12H26N2O/c1-4-15-12(8-13)9-14-10(2)6-5-7-11(14)3/h10-12H,4-9,13H2,1-3H3. The Morgan fingerprint density at radius 1 is 1.33 bits per heavy atom. The first kappa shape index (κ1) is 12.9. The highest BCUT2D eigenvalue weighted by molar-refractivity contribution is 4.81. The molecule has 1 heterocycles. The van der Waals surface area contributed by atoms with Crippen molar-refractivity contribution in [1.82, 2.24) is 4.90 Å². The predicted molar refractivity (Wildman–Crippen MR) is 63.9 cm³/mol. The van der Waals surface area contributed by atoms with Crippen LogP contribution in [0.4, 0.5) is 0 Å². The smallest absolute Gasteiger partial charge is 0.0823 e. The monoisotopic (exact) mass is 214 g/mol. The van der Waals surface area contributed by atoms with Gasteiger partial charge in [0.2, 0.25) is 0 Å². The van der Waals surface area contributed by atoms with Crippen molar-refractivity contribution in [2.24, 2.45) is 5.73 Å². The minimum atomic E-state index is 0.206. The lowest BCUT2D eigenvalue weighted by Crippen LogP contribution is -2.49. The van der Waals surface area contributed by atoms with Crippen molar-refractivity contribution >= 4 is 0 Å². The van der Waals surface area contributed by atoms with E-state index in [1.807, 2.05) is 6.92 Å². The van der Waals surface area contributed by atoms with Crippen LogP contribution in [-0.2, 0) is 4.74 Å². The summed E-state index contributed by atoms with van der Waals surface area (Å²) in [5.74, 6) is 0. The van der Waals surface area contributed by atoms with Crippen molar-refractivity contribution in [3.8, 4) is 0 Å². The molecule has 0 aromatic carbocycles. The van der Waals surface area contributed by atoms with Gasteiger partial charge in [-0.05, 0) is 33.6 Å². The highest BCUT2D eigenvalue weighted by Gasteiger charge is 2.26. The molecule has 3 nitrogen and oxygen atoms in total.